The van der Waals surface area contributed by atoms with Gasteiger partial charge in [0.1, 0.15) is 0 Å². The third-order valence-corrected chi connectivity index (χ3v) is 4.87. The van der Waals surface area contributed by atoms with E-state index in [9.17, 15) is 4.79 Å². The van der Waals surface area contributed by atoms with Crippen LogP contribution in [0, 0.1) is 18.8 Å². The number of hydrogen-bond acceptors (Lipinski definition) is 5. The average molecular weight is 306 g/mol. The normalized spacial score (nSPS) is 27.0. The summed E-state index contributed by atoms with van der Waals surface area (Å²) in [5.41, 5.74) is 0. The van der Waals surface area contributed by atoms with Gasteiger partial charge in [-0.15, -0.1) is 0 Å². The Labute approximate surface area is 131 Å². The highest BCUT2D eigenvalue weighted by molar-refractivity contribution is 5.81. The van der Waals surface area contributed by atoms with Crippen molar-refractivity contribution >= 4 is 5.91 Å². The Morgan fingerprint density at radius 1 is 1.45 bits per heavy atom. The lowest BCUT2D eigenvalue weighted by molar-refractivity contribution is -0.134. The van der Waals surface area contributed by atoms with Crippen molar-refractivity contribution in [2.75, 3.05) is 13.1 Å². The second-order valence-electron chi connectivity index (χ2n) is 6.69. The van der Waals surface area contributed by atoms with Gasteiger partial charge in [0, 0.05) is 25.0 Å². The molecule has 0 bridgehead atoms. The Balaban J connectivity index is 1.58. The van der Waals surface area contributed by atoms with E-state index in [-0.39, 0.29) is 6.04 Å². The average Bonchev–Trinajstić information content (AvgIpc) is 3.28. The van der Waals surface area contributed by atoms with Gasteiger partial charge < -0.3 is 14.7 Å². The Kier molecular flexibility index (Phi) is 4.47. The van der Waals surface area contributed by atoms with Crippen LogP contribution in [0.2, 0.25) is 0 Å². The fourth-order valence-electron chi connectivity index (χ4n) is 3.34. The van der Waals surface area contributed by atoms with Crippen LogP contribution in [0.15, 0.2) is 4.52 Å². The van der Waals surface area contributed by atoms with Crippen LogP contribution in [0.5, 0.6) is 0 Å². The molecule has 1 N–H and O–H groups in total. The molecule has 6 heteroatoms. The van der Waals surface area contributed by atoms with Gasteiger partial charge >= 0.3 is 0 Å². The Morgan fingerprint density at radius 3 is 2.82 bits per heavy atom. The second-order valence-corrected chi connectivity index (χ2v) is 6.69. The summed E-state index contributed by atoms with van der Waals surface area (Å²) in [5.74, 6) is 2.49. The Bertz CT molecular complexity index is 526. The molecule has 3 atom stereocenters. The van der Waals surface area contributed by atoms with Crippen LogP contribution in [0.25, 0.3) is 0 Å². The highest BCUT2D eigenvalue weighted by Gasteiger charge is 2.38. The van der Waals surface area contributed by atoms with Crippen LogP contribution in [0.1, 0.15) is 57.3 Å². The van der Waals surface area contributed by atoms with Gasteiger partial charge in [0.25, 0.3) is 0 Å². The highest BCUT2D eigenvalue weighted by atomic mass is 16.5. The Morgan fingerprint density at radius 2 is 2.23 bits per heavy atom. The number of aryl methyl sites for hydroxylation is 1. The molecule has 1 saturated heterocycles. The van der Waals surface area contributed by atoms with Crippen LogP contribution in [0.3, 0.4) is 0 Å². The fourth-order valence-corrected chi connectivity index (χ4v) is 3.34. The molecule has 6 nitrogen and oxygen atoms in total. The minimum absolute atomic E-state index is 0.0472. The van der Waals surface area contributed by atoms with Crippen LogP contribution in [0.4, 0.5) is 0 Å². The van der Waals surface area contributed by atoms with Gasteiger partial charge in [-0.3, -0.25) is 4.79 Å². The van der Waals surface area contributed by atoms with E-state index in [1.807, 2.05) is 6.92 Å². The number of nitrogens with zero attached hydrogens (tertiary/aromatic N) is 3. The van der Waals surface area contributed by atoms with Crippen molar-refractivity contribution < 1.29 is 9.32 Å². The standard InChI is InChI=1S/C16H26N4O2/c1-4-12-9-20(16(21)13-5-6-13)8-7-14(12)17-10(2)15-18-11(3)19-22-15/h10,12-14,17H,4-9H2,1-3H3. The van der Waals surface area contributed by atoms with Gasteiger partial charge in [0.15, 0.2) is 5.82 Å². The molecular formula is C16H26N4O2. The first-order valence-electron chi connectivity index (χ1n) is 8.43. The molecule has 3 rings (SSSR count). The largest absolute Gasteiger partial charge is 0.342 e. The number of aromatic nitrogens is 2. The lowest BCUT2D eigenvalue weighted by Gasteiger charge is -2.39. The molecule has 2 fully saturated rings. The second kappa shape index (κ2) is 6.36. The first-order chi connectivity index (χ1) is 10.6. The molecule has 1 aromatic rings. The lowest BCUT2D eigenvalue weighted by Crippen LogP contribution is -2.51. The van der Waals surface area contributed by atoms with Gasteiger partial charge in [-0.2, -0.15) is 4.98 Å². The monoisotopic (exact) mass is 306 g/mol. The number of carbonyl (C=O) groups excluding carboxylic acids is 1. The van der Waals surface area contributed by atoms with Gasteiger partial charge in [0.05, 0.1) is 6.04 Å². The number of hydrogen-bond donors (Lipinski definition) is 1. The maximum atomic E-state index is 12.2. The minimum Gasteiger partial charge on any atom is -0.342 e. The van der Waals surface area contributed by atoms with Crippen molar-refractivity contribution in [1.29, 1.82) is 0 Å². The summed E-state index contributed by atoms with van der Waals surface area (Å²) in [6, 6.07) is 0.446. The van der Waals surface area contributed by atoms with Gasteiger partial charge in [-0.1, -0.05) is 18.5 Å². The van der Waals surface area contributed by atoms with Crippen LogP contribution >= 0.6 is 0 Å². The van der Waals surface area contributed by atoms with E-state index < -0.39 is 0 Å². The van der Waals surface area contributed by atoms with E-state index in [0.29, 0.717) is 35.5 Å². The molecule has 0 aromatic carbocycles. The Hall–Kier alpha value is -1.43. The fraction of sp³-hybridized carbons (Fsp3) is 0.812. The summed E-state index contributed by atoms with van der Waals surface area (Å²) in [4.78, 5) is 18.6. The zero-order valence-electron chi connectivity index (χ0n) is 13.7. The SMILES string of the molecule is CCC1CN(C(=O)C2CC2)CCC1NC(C)c1nc(C)no1. The van der Waals surface area contributed by atoms with Gasteiger partial charge in [0.2, 0.25) is 11.8 Å². The van der Waals surface area contributed by atoms with Gasteiger partial charge in [-0.25, -0.2) is 0 Å². The number of nitrogens with one attached hydrogen (secondary N) is 1. The van der Waals surface area contributed by atoms with E-state index in [2.05, 4.69) is 34.2 Å². The topological polar surface area (TPSA) is 71.3 Å². The third-order valence-electron chi connectivity index (χ3n) is 4.87. The number of likely N-dealkylation sites (tertiary alicyclic amines) is 1. The van der Waals surface area contributed by atoms with E-state index in [4.69, 9.17) is 4.52 Å². The van der Waals surface area contributed by atoms with Crippen molar-refractivity contribution in [3.63, 3.8) is 0 Å². The molecule has 122 valence electrons. The van der Waals surface area contributed by atoms with Gasteiger partial charge in [-0.05, 0) is 39.0 Å². The first kappa shape index (κ1) is 15.5. The lowest BCUT2D eigenvalue weighted by atomic mass is 9.89. The van der Waals surface area contributed by atoms with Crippen molar-refractivity contribution in [2.24, 2.45) is 11.8 Å². The number of carbonyl (C=O) groups is 1. The number of rotatable bonds is 5. The smallest absolute Gasteiger partial charge is 0.243 e. The van der Waals surface area contributed by atoms with Crippen molar-refractivity contribution in [3.8, 4) is 0 Å². The summed E-state index contributed by atoms with van der Waals surface area (Å²) in [7, 11) is 0. The molecule has 2 aliphatic rings. The zero-order valence-corrected chi connectivity index (χ0v) is 13.7. The quantitative estimate of drug-likeness (QED) is 0.901. The number of amides is 1. The zero-order chi connectivity index (χ0) is 15.7. The predicted octanol–water partition coefficient (Wildman–Crippen LogP) is 2.07. The van der Waals surface area contributed by atoms with Crippen molar-refractivity contribution in [1.82, 2.24) is 20.4 Å². The minimum atomic E-state index is 0.0472. The molecule has 2 heterocycles. The van der Waals surface area contributed by atoms with Crippen LogP contribution < -0.4 is 5.32 Å². The van der Waals surface area contributed by atoms with E-state index in [0.717, 1.165) is 38.8 Å². The summed E-state index contributed by atoms with van der Waals surface area (Å²) >= 11 is 0. The van der Waals surface area contributed by atoms with Crippen LogP contribution in [-0.4, -0.2) is 40.1 Å². The van der Waals surface area contributed by atoms with E-state index >= 15 is 0 Å². The maximum absolute atomic E-state index is 12.2. The molecular weight excluding hydrogens is 280 g/mol. The summed E-state index contributed by atoms with van der Waals surface area (Å²) < 4.78 is 5.25. The molecule has 0 spiro atoms. The number of piperidine rings is 1. The molecule has 1 aliphatic heterocycles. The van der Waals surface area contributed by atoms with E-state index in [1.54, 1.807) is 0 Å². The molecule has 22 heavy (non-hydrogen) atoms. The van der Waals surface area contributed by atoms with Crippen molar-refractivity contribution in [3.05, 3.63) is 11.7 Å². The molecule has 0 radical (unpaired) electrons. The summed E-state index contributed by atoms with van der Waals surface area (Å²) in [6.07, 6.45) is 4.23. The predicted molar refractivity (Wildman–Crippen MR) is 82.1 cm³/mol. The van der Waals surface area contributed by atoms with Crippen LogP contribution in [-0.2, 0) is 4.79 Å². The molecule has 3 unspecified atom stereocenters. The van der Waals surface area contributed by atoms with E-state index in [1.165, 1.54) is 0 Å². The molecule has 1 aliphatic carbocycles. The molecule has 1 saturated carbocycles. The maximum Gasteiger partial charge on any atom is 0.243 e. The molecule has 1 aromatic heterocycles. The summed E-state index contributed by atoms with van der Waals surface area (Å²) in [6.45, 7) is 7.82. The first-order valence-corrected chi connectivity index (χ1v) is 8.43. The van der Waals surface area contributed by atoms with Crippen molar-refractivity contribution in [2.45, 2.75) is 58.5 Å². The summed E-state index contributed by atoms with van der Waals surface area (Å²) in [5, 5.41) is 7.47. The molecule has 1 amide bonds. The third kappa shape index (κ3) is 3.32. The highest BCUT2D eigenvalue weighted by Crippen LogP contribution is 2.33.